The number of carbonyl (C=O) groups excluding carboxylic acids is 1. The van der Waals surface area contributed by atoms with Crippen molar-refractivity contribution in [1.82, 2.24) is 9.88 Å². The molecule has 0 saturated carbocycles. The van der Waals surface area contributed by atoms with Crippen LogP contribution >= 0.6 is 0 Å². The lowest BCUT2D eigenvalue weighted by atomic mass is 9.93. The predicted molar refractivity (Wildman–Crippen MR) is 113 cm³/mol. The molecule has 28 heavy (non-hydrogen) atoms. The molecule has 0 radical (unpaired) electrons. The number of hydrogen-bond donors (Lipinski definition) is 2. The third-order valence-corrected chi connectivity index (χ3v) is 5.17. The van der Waals surface area contributed by atoms with Gasteiger partial charge in [0.1, 0.15) is 11.4 Å². The molecule has 2 N–H and O–H groups in total. The topological polar surface area (TPSA) is 69.6 Å². The summed E-state index contributed by atoms with van der Waals surface area (Å²) in [5.74, 6) is 1.69. The second-order valence-electron chi connectivity index (χ2n) is 8.71. The van der Waals surface area contributed by atoms with E-state index in [0.29, 0.717) is 13.1 Å². The van der Waals surface area contributed by atoms with Gasteiger partial charge < -0.3 is 15.5 Å². The van der Waals surface area contributed by atoms with E-state index in [1.54, 1.807) is 6.20 Å². The van der Waals surface area contributed by atoms with E-state index in [4.69, 9.17) is 4.99 Å². The summed E-state index contributed by atoms with van der Waals surface area (Å²) in [7, 11) is 0. The first-order valence-corrected chi connectivity index (χ1v) is 9.72. The summed E-state index contributed by atoms with van der Waals surface area (Å²) in [6, 6.07) is 11.7. The monoisotopic (exact) mass is 377 g/mol. The number of rotatable bonds is 1. The fourth-order valence-corrected chi connectivity index (χ4v) is 3.78. The van der Waals surface area contributed by atoms with Crippen molar-refractivity contribution in [1.29, 1.82) is 0 Å². The van der Waals surface area contributed by atoms with E-state index in [1.807, 2.05) is 48.2 Å². The zero-order valence-electron chi connectivity index (χ0n) is 16.9. The van der Waals surface area contributed by atoms with Crippen LogP contribution in [0.2, 0.25) is 0 Å². The number of fused-ring (bicyclic) bond motifs is 1. The average molecular weight is 377 g/mol. The van der Waals surface area contributed by atoms with Gasteiger partial charge in [-0.05, 0) is 58.4 Å². The van der Waals surface area contributed by atoms with Crippen molar-refractivity contribution in [2.24, 2.45) is 4.99 Å². The van der Waals surface area contributed by atoms with Crippen LogP contribution in [0, 0.1) is 6.92 Å². The molecule has 2 aliphatic heterocycles. The van der Waals surface area contributed by atoms with Crippen molar-refractivity contribution in [2.75, 3.05) is 23.7 Å². The molecule has 1 spiro atoms. The second kappa shape index (κ2) is 6.62. The van der Waals surface area contributed by atoms with E-state index in [9.17, 15) is 4.79 Å². The highest BCUT2D eigenvalue weighted by atomic mass is 16.2. The maximum Gasteiger partial charge on any atom is 0.253 e. The molecule has 2 aromatic rings. The van der Waals surface area contributed by atoms with Gasteiger partial charge in [-0.15, -0.1) is 0 Å². The number of pyridine rings is 1. The Kier molecular flexibility index (Phi) is 4.37. The first-order chi connectivity index (χ1) is 13.3. The Morgan fingerprint density at radius 1 is 1.21 bits per heavy atom. The maximum absolute atomic E-state index is 13.0. The SMILES string of the molecule is Cc1ccc(C(=O)N2CC[C@@]3(C2)Nc2cccnc2NC3=NC(C)(C)C)cc1. The minimum absolute atomic E-state index is 0.0609. The van der Waals surface area contributed by atoms with E-state index >= 15 is 0 Å². The molecule has 6 nitrogen and oxygen atoms in total. The summed E-state index contributed by atoms with van der Waals surface area (Å²) in [4.78, 5) is 24.3. The highest BCUT2D eigenvalue weighted by Crippen LogP contribution is 2.36. The smallest absolute Gasteiger partial charge is 0.253 e. The molecule has 146 valence electrons. The lowest BCUT2D eigenvalue weighted by molar-refractivity contribution is 0.0789. The predicted octanol–water partition coefficient (Wildman–Crippen LogP) is 3.71. The third-order valence-electron chi connectivity index (χ3n) is 5.17. The molecule has 3 heterocycles. The summed E-state index contributed by atoms with van der Waals surface area (Å²) in [5, 5.41) is 7.07. The standard InChI is InChI=1S/C22H27N5O/c1-15-7-9-16(10-8-15)19(28)27-13-11-22(14-27)20(26-21(2,3)4)24-18-17(25-22)6-5-12-23-18/h5-10,12,25H,11,13-14H2,1-4H3,(H,23,24,26)/t22-/m0/s1. The molecule has 1 fully saturated rings. The van der Waals surface area contributed by atoms with Crippen LogP contribution in [0.15, 0.2) is 47.6 Å². The second-order valence-corrected chi connectivity index (χ2v) is 8.71. The number of aliphatic imine (C=N–C) groups is 1. The third kappa shape index (κ3) is 3.46. The minimum Gasteiger partial charge on any atom is -0.368 e. The number of anilines is 2. The molecule has 1 atom stereocenters. The zero-order valence-corrected chi connectivity index (χ0v) is 16.9. The van der Waals surface area contributed by atoms with Gasteiger partial charge in [-0.25, -0.2) is 4.98 Å². The number of likely N-dealkylation sites (tertiary alicyclic amines) is 1. The van der Waals surface area contributed by atoms with Crippen molar-refractivity contribution in [2.45, 2.75) is 45.2 Å². The number of hydrogen-bond acceptors (Lipinski definition) is 4. The van der Waals surface area contributed by atoms with Crippen molar-refractivity contribution < 1.29 is 4.79 Å². The Hall–Kier alpha value is -2.89. The van der Waals surface area contributed by atoms with Crippen molar-refractivity contribution in [3.63, 3.8) is 0 Å². The highest BCUT2D eigenvalue weighted by Gasteiger charge is 2.47. The van der Waals surface area contributed by atoms with Crippen LogP contribution in [0.25, 0.3) is 0 Å². The Morgan fingerprint density at radius 2 is 1.96 bits per heavy atom. The number of aryl methyl sites for hydroxylation is 1. The summed E-state index contributed by atoms with van der Waals surface area (Å²) < 4.78 is 0. The summed E-state index contributed by atoms with van der Waals surface area (Å²) >= 11 is 0. The molecule has 1 saturated heterocycles. The first kappa shape index (κ1) is 18.5. The van der Waals surface area contributed by atoms with E-state index in [2.05, 4.69) is 36.4 Å². The van der Waals surface area contributed by atoms with Crippen LogP contribution in [0.4, 0.5) is 11.5 Å². The van der Waals surface area contributed by atoms with E-state index in [-0.39, 0.29) is 11.4 Å². The van der Waals surface area contributed by atoms with Crippen molar-refractivity contribution in [3.05, 3.63) is 53.7 Å². The molecule has 1 aromatic carbocycles. The molecule has 0 aliphatic carbocycles. The Bertz CT molecular complexity index is 929. The van der Waals surface area contributed by atoms with Gasteiger partial charge in [0, 0.05) is 18.3 Å². The number of benzene rings is 1. The summed E-state index contributed by atoms with van der Waals surface area (Å²) in [6.45, 7) is 9.50. The zero-order chi connectivity index (χ0) is 19.9. The molecule has 4 rings (SSSR count). The maximum atomic E-state index is 13.0. The van der Waals surface area contributed by atoms with Gasteiger partial charge in [-0.1, -0.05) is 17.7 Å². The quantitative estimate of drug-likeness (QED) is 0.795. The van der Waals surface area contributed by atoms with E-state index in [1.165, 1.54) is 0 Å². The lowest BCUT2D eigenvalue weighted by Crippen LogP contribution is -2.55. The number of nitrogens with zero attached hydrogens (tertiary/aromatic N) is 3. The van der Waals surface area contributed by atoms with Gasteiger partial charge in [-0.2, -0.15) is 0 Å². The van der Waals surface area contributed by atoms with Crippen LogP contribution in [0.5, 0.6) is 0 Å². The molecule has 6 heteroatoms. The number of carbonyl (C=O) groups is 1. The average Bonchev–Trinajstić information content (AvgIpc) is 3.06. The van der Waals surface area contributed by atoms with Crippen LogP contribution in [0.1, 0.15) is 43.1 Å². The van der Waals surface area contributed by atoms with Gasteiger partial charge >= 0.3 is 0 Å². The normalized spacial score (nSPS) is 22.7. The van der Waals surface area contributed by atoms with Crippen molar-refractivity contribution in [3.8, 4) is 0 Å². The van der Waals surface area contributed by atoms with Crippen LogP contribution in [-0.2, 0) is 0 Å². The largest absolute Gasteiger partial charge is 0.368 e. The first-order valence-electron chi connectivity index (χ1n) is 9.72. The fraction of sp³-hybridized carbons (Fsp3) is 0.409. The van der Waals surface area contributed by atoms with Crippen LogP contribution in [-0.4, -0.2) is 45.8 Å². The summed E-state index contributed by atoms with van der Waals surface area (Å²) in [6.07, 6.45) is 2.56. The molecule has 1 amide bonds. The molecule has 0 unspecified atom stereocenters. The number of nitrogens with one attached hydrogen (secondary N) is 2. The Morgan fingerprint density at radius 3 is 2.68 bits per heavy atom. The van der Waals surface area contributed by atoms with Gasteiger partial charge in [0.05, 0.1) is 17.8 Å². The minimum atomic E-state index is -0.427. The van der Waals surface area contributed by atoms with Gasteiger partial charge in [0.2, 0.25) is 0 Å². The van der Waals surface area contributed by atoms with E-state index < -0.39 is 5.54 Å². The molecular formula is C22H27N5O. The molecule has 0 bridgehead atoms. The molecule has 2 aliphatic rings. The van der Waals surface area contributed by atoms with Crippen LogP contribution < -0.4 is 10.6 Å². The number of amidine groups is 1. The van der Waals surface area contributed by atoms with Crippen molar-refractivity contribution >= 4 is 23.2 Å². The summed E-state index contributed by atoms with van der Waals surface area (Å²) in [5.41, 5.74) is 2.15. The van der Waals surface area contributed by atoms with Gasteiger partial charge in [-0.3, -0.25) is 9.79 Å². The Balaban J connectivity index is 1.66. The van der Waals surface area contributed by atoms with E-state index in [0.717, 1.165) is 34.9 Å². The lowest BCUT2D eigenvalue weighted by Gasteiger charge is -2.39. The molecule has 1 aromatic heterocycles. The Labute approximate surface area is 166 Å². The van der Waals surface area contributed by atoms with Crippen LogP contribution in [0.3, 0.4) is 0 Å². The number of amides is 1. The number of aromatic nitrogens is 1. The van der Waals surface area contributed by atoms with Gasteiger partial charge in [0.15, 0.2) is 5.82 Å². The van der Waals surface area contributed by atoms with Gasteiger partial charge in [0.25, 0.3) is 5.91 Å². The fourth-order valence-electron chi connectivity index (χ4n) is 3.78. The molecular weight excluding hydrogens is 350 g/mol. The highest BCUT2D eigenvalue weighted by molar-refractivity contribution is 6.10.